The molecule has 1 aromatic heterocycles. The summed E-state index contributed by atoms with van der Waals surface area (Å²) in [6.07, 6.45) is 2.38. The first kappa shape index (κ1) is 30.9. The minimum atomic E-state index is -3.86. The Labute approximate surface area is 246 Å². The van der Waals surface area contributed by atoms with Crippen LogP contribution in [0, 0.1) is 5.92 Å². The quantitative estimate of drug-likeness (QED) is 0.385. The second-order valence-electron chi connectivity index (χ2n) is 10.4. The molecule has 1 aliphatic heterocycles. The first-order chi connectivity index (χ1) is 20.0. The van der Waals surface area contributed by atoms with Crippen LogP contribution in [0.2, 0.25) is 0 Å². The molecule has 0 bridgehead atoms. The van der Waals surface area contributed by atoms with Crippen molar-refractivity contribution in [3.8, 4) is 11.5 Å². The van der Waals surface area contributed by atoms with Crippen molar-refractivity contribution >= 4 is 27.5 Å². The van der Waals surface area contributed by atoms with Crippen molar-refractivity contribution in [2.45, 2.75) is 37.3 Å². The second kappa shape index (κ2) is 13.3. The minimum absolute atomic E-state index is 0.00500. The van der Waals surface area contributed by atoms with E-state index in [-0.39, 0.29) is 48.7 Å². The Kier molecular flexibility index (Phi) is 9.81. The van der Waals surface area contributed by atoms with Gasteiger partial charge >= 0.3 is 0 Å². The van der Waals surface area contributed by atoms with E-state index in [0.29, 0.717) is 28.3 Å². The molecule has 4 rings (SSSR count). The molecule has 11 nitrogen and oxygen atoms in total. The summed E-state index contributed by atoms with van der Waals surface area (Å²) in [4.78, 5) is 31.8. The number of aliphatic hydroxyl groups is 1. The summed E-state index contributed by atoms with van der Waals surface area (Å²) in [7, 11) is -0.868. The predicted molar refractivity (Wildman–Crippen MR) is 157 cm³/mol. The Bertz CT molecular complexity index is 1500. The number of benzene rings is 2. The third-order valence-electron chi connectivity index (χ3n) is 7.32. The first-order valence-electron chi connectivity index (χ1n) is 13.5. The van der Waals surface area contributed by atoms with E-state index >= 15 is 0 Å². The summed E-state index contributed by atoms with van der Waals surface area (Å²) in [5.41, 5.74) is 1.43. The molecular weight excluding hydrogens is 560 g/mol. The number of carbonyl (C=O) groups excluding carboxylic acids is 2. The molecule has 224 valence electrons. The van der Waals surface area contributed by atoms with Crippen LogP contribution >= 0.6 is 0 Å². The zero-order valence-corrected chi connectivity index (χ0v) is 24.9. The van der Waals surface area contributed by atoms with Gasteiger partial charge in [0.05, 0.1) is 37.6 Å². The fraction of sp³-hybridized carbons (Fsp3) is 0.367. The number of methoxy groups -OCH3 is 1. The first-order valence-corrected chi connectivity index (χ1v) is 15.0. The highest BCUT2D eigenvalue weighted by Gasteiger charge is 2.33. The van der Waals surface area contributed by atoms with Gasteiger partial charge in [-0.05, 0) is 61.5 Å². The van der Waals surface area contributed by atoms with Gasteiger partial charge in [-0.3, -0.25) is 14.6 Å². The molecule has 0 radical (unpaired) electrons. The Morgan fingerprint density at radius 3 is 2.52 bits per heavy atom. The highest BCUT2D eigenvalue weighted by molar-refractivity contribution is 7.89. The number of aromatic nitrogens is 1. The van der Waals surface area contributed by atoms with Gasteiger partial charge in [0.15, 0.2) is 0 Å². The molecule has 1 aliphatic rings. The molecule has 12 heteroatoms. The summed E-state index contributed by atoms with van der Waals surface area (Å²) >= 11 is 0. The third-order valence-corrected chi connectivity index (χ3v) is 9.16. The van der Waals surface area contributed by atoms with Crippen molar-refractivity contribution in [1.82, 2.24) is 14.2 Å². The van der Waals surface area contributed by atoms with E-state index in [1.807, 2.05) is 6.92 Å². The fourth-order valence-corrected chi connectivity index (χ4v) is 5.89. The van der Waals surface area contributed by atoms with Gasteiger partial charge in [-0.15, -0.1) is 0 Å². The van der Waals surface area contributed by atoms with Crippen LogP contribution in [0.1, 0.15) is 29.8 Å². The summed E-state index contributed by atoms with van der Waals surface area (Å²) < 4.78 is 39.6. The van der Waals surface area contributed by atoms with Gasteiger partial charge in [-0.2, -0.15) is 4.31 Å². The zero-order chi connectivity index (χ0) is 30.4. The number of hydrogen-bond acceptors (Lipinski definition) is 8. The Hall–Kier alpha value is -4.00. The number of amides is 2. The fourth-order valence-electron chi connectivity index (χ4n) is 4.71. The van der Waals surface area contributed by atoms with Crippen LogP contribution in [0.25, 0.3) is 0 Å². The van der Waals surface area contributed by atoms with E-state index in [1.54, 1.807) is 54.3 Å². The number of sulfonamides is 1. The second-order valence-corrected chi connectivity index (χ2v) is 12.4. The smallest absolute Gasteiger partial charge is 0.255 e. The Morgan fingerprint density at radius 1 is 1.19 bits per heavy atom. The van der Waals surface area contributed by atoms with E-state index in [9.17, 15) is 23.1 Å². The lowest BCUT2D eigenvalue weighted by atomic mass is 10.0. The molecule has 0 aliphatic carbocycles. The average molecular weight is 597 g/mol. The SMILES string of the molecule is COc1ccc(S(=O)(=O)N(C)C[C@@H]2Oc3ccc(NC(=O)c4ccncc4)cc3CC(=O)N([C@H](C)CO)C[C@@H]2C)cc1. The van der Waals surface area contributed by atoms with Crippen LogP contribution in [-0.4, -0.2) is 85.5 Å². The highest BCUT2D eigenvalue weighted by Crippen LogP contribution is 2.30. The zero-order valence-electron chi connectivity index (χ0n) is 24.1. The largest absolute Gasteiger partial charge is 0.497 e. The van der Waals surface area contributed by atoms with Crippen molar-refractivity contribution in [3.05, 3.63) is 78.1 Å². The molecule has 0 spiro atoms. The number of pyridine rings is 1. The van der Waals surface area contributed by atoms with Crippen LogP contribution in [0.4, 0.5) is 5.69 Å². The molecule has 0 unspecified atom stereocenters. The van der Waals surface area contributed by atoms with Gasteiger partial charge in [-0.1, -0.05) is 6.92 Å². The standard InChI is InChI=1S/C30H36N4O7S/c1-20-17-34(21(2)19-35)29(36)16-23-15-24(32-30(37)22-11-13-31-14-12-22)5-10-27(23)41-28(20)18-33(3)42(38,39)26-8-6-25(40-4)7-9-26/h5-15,20-21,28,35H,16-19H2,1-4H3,(H,32,37)/t20-,21+,28-/m0/s1. The maximum atomic E-state index is 13.5. The number of likely N-dealkylation sites (N-methyl/N-ethyl adjacent to an activating group) is 1. The maximum absolute atomic E-state index is 13.5. The normalized spacial score (nSPS) is 18.2. The summed E-state index contributed by atoms with van der Waals surface area (Å²) in [5.74, 6) is 0.107. The van der Waals surface area contributed by atoms with Crippen LogP contribution in [0.15, 0.2) is 71.9 Å². The van der Waals surface area contributed by atoms with Crippen LogP contribution in [0.3, 0.4) is 0 Å². The van der Waals surface area contributed by atoms with Gasteiger partial charge in [0.2, 0.25) is 15.9 Å². The monoisotopic (exact) mass is 596 g/mol. The number of aliphatic hydroxyl groups excluding tert-OH is 1. The number of rotatable bonds is 9. The van der Waals surface area contributed by atoms with Gasteiger partial charge < -0.3 is 24.8 Å². The number of nitrogens with one attached hydrogen (secondary N) is 1. The molecule has 0 saturated heterocycles. The van der Waals surface area contributed by atoms with Crippen molar-refractivity contribution in [1.29, 1.82) is 0 Å². The topological polar surface area (TPSA) is 138 Å². The number of fused-ring (bicyclic) bond motifs is 1. The van der Waals surface area contributed by atoms with Crippen LogP contribution in [-0.2, 0) is 21.2 Å². The van der Waals surface area contributed by atoms with Crippen LogP contribution in [0.5, 0.6) is 11.5 Å². The third kappa shape index (κ3) is 7.07. The molecule has 0 saturated carbocycles. The number of carbonyl (C=O) groups is 2. The molecule has 2 N–H and O–H groups in total. The van der Waals surface area contributed by atoms with E-state index < -0.39 is 22.2 Å². The van der Waals surface area contributed by atoms with E-state index in [4.69, 9.17) is 9.47 Å². The lowest BCUT2D eigenvalue weighted by Crippen LogP contribution is -2.48. The van der Waals surface area contributed by atoms with Gasteiger partial charge in [0, 0.05) is 48.7 Å². The number of anilines is 1. The van der Waals surface area contributed by atoms with Gasteiger partial charge in [-0.25, -0.2) is 8.42 Å². The average Bonchev–Trinajstić information content (AvgIpc) is 3.04. The van der Waals surface area contributed by atoms with Crippen molar-refractivity contribution in [3.63, 3.8) is 0 Å². The molecule has 42 heavy (non-hydrogen) atoms. The molecule has 3 atom stereocenters. The maximum Gasteiger partial charge on any atom is 0.255 e. The lowest BCUT2D eigenvalue weighted by Gasteiger charge is -2.33. The lowest BCUT2D eigenvalue weighted by molar-refractivity contribution is -0.134. The molecular formula is C30H36N4O7S. The van der Waals surface area contributed by atoms with Crippen LogP contribution < -0.4 is 14.8 Å². The van der Waals surface area contributed by atoms with Crippen molar-refractivity contribution in [2.75, 3.05) is 39.2 Å². The number of hydrogen-bond donors (Lipinski definition) is 2. The van der Waals surface area contributed by atoms with Gasteiger partial charge in [0.25, 0.3) is 5.91 Å². The highest BCUT2D eigenvalue weighted by atomic mass is 32.2. The Balaban J connectivity index is 1.64. The summed E-state index contributed by atoms with van der Waals surface area (Å²) in [6, 6.07) is 13.9. The number of nitrogens with zero attached hydrogens (tertiary/aromatic N) is 3. The molecule has 2 aromatic carbocycles. The Morgan fingerprint density at radius 2 is 1.88 bits per heavy atom. The predicted octanol–water partition coefficient (Wildman–Crippen LogP) is 2.81. The molecule has 0 fully saturated rings. The van der Waals surface area contributed by atoms with Crippen molar-refractivity contribution < 1.29 is 32.6 Å². The minimum Gasteiger partial charge on any atom is -0.497 e. The van der Waals surface area contributed by atoms with Crippen molar-refractivity contribution in [2.24, 2.45) is 5.92 Å². The van der Waals surface area contributed by atoms with E-state index in [2.05, 4.69) is 10.3 Å². The molecule has 2 heterocycles. The number of ether oxygens (including phenoxy) is 2. The summed E-state index contributed by atoms with van der Waals surface area (Å²) in [6.45, 7) is 3.67. The van der Waals surface area contributed by atoms with E-state index in [0.717, 1.165) is 0 Å². The molecule has 3 aromatic rings. The molecule has 2 amide bonds. The van der Waals surface area contributed by atoms with Gasteiger partial charge in [0.1, 0.15) is 17.6 Å². The van der Waals surface area contributed by atoms with E-state index in [1.165, 1.54) is 43.0 Å². The summed E-state index contributed by atoms with van der Waals surface area (Å²) in [5, 5.41) is 12.7.